The van der Waals surface area contributed by atoms with Gasteiger partial charge in [-0.05, 0) is 43.3 Å². The number of allylic oxidation sites excluding steroid dienone is 4. The fourth-order valence-electron chi connectivity index (χ4n) is 5.85. The Kier molecular flexibility index (Phi) is 5.83. The van der Waals surface area contributed by atoms with Crippen LogP contribution in [0.5, 0.6) is 0 Å². The van der Waals surface area contributed by atoms with Gasteiger partial charge >= 0.3 is 5.97 Å². The van der Waals surface area contributed by atoms with Gasteiger partial charge in [-0.2, -0.15) is 0 Å². The molecule has 0 heterocycles. The number of ether oxygens (including phenoxy) is 3. The van der Waals surface area contributed by atoms with E-state index in [1.165, 1.54) is 6.92 Å². The Morgan fingerprint density at radius 3 is 2.52 bits per heavy atom. The Labute approximate surface area is 174 Å². The first-order valence-corrected chi connectivity index (χ1v) is 10.5. The SMILES string of the molecule is C=C1C(=O)C2=C[C@H]1C/C=C(/OC)[C@]1(C)CC[C@H](OC(C)=O)C(C)(C)[C@H]1C[C@H]2OC. The Bertz CT molecular complexity index is 774. The lowest BCUT2D eigenvalue weighted by Crippen LogP contribution is -2.53. The molecule has 0 unspecified atom stereocenters. The van der Waals surface area contributed by atoms with Crippen molar-refractivity contribution in [3.8, 4) is 0 Å². The monoisotopic (exact) mass is 402 g/mol. The molecule has 5 atom stereocenters. The number of Topliss-reactive ketones (excluding diaryl/α,β-unsaturated/α-hetero) is 1. The summed E-state index contributed by atoms with van der Waals surface area (Å²) >= 11 is 0. The minimum absolute atomic E-state index is 0.00275. The first-order valence-electron chi connectivity index (χ1n) is 10.5. The molecule has 0 aromatic carbocycles. The molecule has 0 aliphatic heterocycles. The second-order valence-corrected chi connectivity index (χ2v) is 9.48. The van der Waals surface area contributed by atoms with Crippen LogP contribution in [0.3, 0.4) is 0 Å². The summed E-state index contributed by atoms with van der Waals surface area (Å²) in [4.78, 5) is 24.6. The van der Waals surface area contributed by atoms with E-state index < -0.39 is 0 Å². The van der Waals surface area contributed by atoms with Gasteiger partial charge in [-0.25, -0.2) is 0 Å². The number of ketones is 1. The molecule has 0 N–H and O–H groups in total. The van der Waals surface area contributed by atoms with Crippen LogP contribution in [0, 0.1) is 22.7 Å². The van der Waals surface area contributed by atoms with Gasteiger partial charge in [-0.1, -0.05) is 33.4 Å². The topological polar surface area (TPSA) is 61.8 Å². The number of hydrogen-bond acceptors (Lipinski definition) is 5. The van der Waals surface area contributed by atoms with Gasteiger partial charge in [0.15, 0.2) is 5.78 Å². The minimum atomic E-state index is -0.319. The summed E-state index contributed by atoms with van der Waals surface area (Å²) in [7, 11) is 3.37. The smallest absolute Gasteiger partial charge is 0.302 e. The molecule has 0 saturated heterocycles. The molecule has 0 aromatic rings. The van der Waals surface area contributed by atoms with Crippen LogP contribution in [0.2, 0.25) is 0 Å². The van der Waals surface area contributed by atoms with Crippen molar-refractivity contribution in [2.45, 2.75) is 65.6 Å². The third kappa shape index (κ3) is 3.58. The van der Waals surface area contributed by atoms with Crippen molar-refractivity contribution < 1.29 is 23.8 Å². The summed E-state index contributed by atoms with van der Waals surface area (Å²) in [5.41, 5.74) is 0.781. The molecule has 3 aliphatic rings. The normalized spacial score (nSPS) is 38.4. The molecule has 1 fully saturated rings. The largest absolute Gasteiger partial charge is 0.501 e. The van der Waals surface area contributed by atoms with Crippen LogP contribution in [0.1, 0.15) is 53.4 Å². The summed E-state index contributed by atoms with van der Waals surface area (Å²) in [5, 5.41) is 0. The third-order valence-corrected chi connectivity index (χ3v) is 7.53. The molecular formula is C24H34O5. The van der Waals surface area contributed by atoms with Gasteiger partial charge in [-0.15, -0.1) is 0 Å². The van der Waals surface area contributed by atoms with Crippen molar-refractivity contribution in [3.05, 3.63) is 35.6 Å². The van der Waals surface area contributed by atoms with E-state index in [0.29, 0.717) is 24.0 Å². The highest BCUT2D eigenvalue weighted by molar-refractivity contribution is 6.11. The van der Waals surface area contributed by atoms with E-state index in [0.717, 1.165) is 18.6 Å². The molecule has 5 heteroatoms. The molecule has 5 nitrogen and oxygen atoms in total. The van der Waals surface area contributed by atoms with Gasteiger partial charge in [0.05, 0.1) is 19.0 Å². The highest BCUT2D eigenvalue weighted by Crippen LogP contribution is 2.58. The predicted octanol–water partition coefficient (Wildman–Crippen LogP) is 4.38. The zero-order valence-electron chi connectivity index (χ0n) is 18.5. The molecule has 1 saturated carbocycles. The van der Waals surface area contributed by atoms with Crippen LogP contribution in [-0.4, -0.2) is 38.2 Å². The first kappa shape index (κ1) is 21.8. The molecule has 0 aromatic heterocycles. The van der Waals surface area contributed by atoms with Crippen LogP contribution in [0.25, 0.3) is 0 Å². The van der Waals surface area contributed by atoms with E-state index in [1.54, 1.807) is 14.2 Å². The third-order valence-electron chi connectivity index (χ3n) is 7.53. The van der Waals surface area contributed by atoms with Gasteiger partial charge in [0.1, 0.15) is 6.10 Å². The first-order chi connectivity index (χ1) is 13.6. The van der Waals surface area contributed by atoms with Crippen molar-refractivity contribution in [1.29, 1.82) is 0 Å². The van der Waals surface area contributed by atoms with Crippen molar-refractivity contribution in [1.82, 2.24) is 0 Å². The van der Waals surface area contributed by atoms with Crippen LogP contribution >= 0.6 is 0 Å². The standard InChI is InChI=1S/C24H34O5/c1-14-16-8-9-21(28-7)24(5)11-10-20(29-15(2)25)23(3,4)19(24)13-18(27-6)17(12-16)22(14)26/h9,12,16,18-20H,1,8,10-11,13H2,2-7H3/b21-9+/t16-,18-,19-,20+,24-/m1/s1. The number of carbonyl (C=O) groups excluding carboxylic acids is 2. The summed E-state index contributed by atoms with van der Waals surface area (Å²) in [5.74, 6) is 0.762. The average Bonchev–Trinajstić information content (AvgIpc) is 2.92. The fourth-order valence-corrected chi connectivity index (χ4v) is 5.85. The van der Waals surface area contributed by atoms with E-state index in [4.69, 9.17) is 14.2 Å². The molecule has 160 valence electrons. The maximum atomic E-state index is 12.9. The van der Waals surface area contributed by atoms with Gasteiger partial charge in [0.25, 0.3) is 0 Å². The van der Waals surface area contributed by atoms with Crippen LogP contribution in [-0.2, 0) is 23.8 Å². The zero-order chi connectivity index (χ0) is 21.6. The van der Waals surface area contributed by atoms with Crippen molar-refractivity contribution in [2.75, 3.05) is 14.2 Å². The van der Waals surface area contributed by atoms with Crippen LogP contribution in [0.4, 0.5) is 0 Å². The molecule has 3 rings (SSSR count). The number of hydrogen-bond donors (Lipinski definition) is 0. The lowest BCUT2D eigenvalue weighted by Gasteiger charge is -2.55. The molecule has 0 amide bonds. The highest BCUT2D eigenvalue weighted by Gasteiger charge is 2.56. The average molecular weight is 403 g/mol. The number of fused-ring (bicyclic) bond motifs is 2. The number of methoxy groups -OCH3 is 2. The maximum absolute atomic E-state index is 12.9. The predicted molar refractivity (Wildman–Crippen MR) is 111 cm³/mol. The Hall–Kier alpha value is -1.88. The van der Waals surface area contributed by atoms with E-state index in [-0.39, 0.29) is 46.6 Å². The Morgan fingerprint density at radius 2 is 1.93 bits per heavy atom. The Balaban J connectivity index is 2.11. The van der Waals surface area contributed by atoms with Crippen molar-refractivity contribution in [2.24, 2.45) is 22.7 Å². The van der Waals surface area contributed by atoms with E-state index in [2.05, 4.69) is 33.4 Å². The number of rotatable bonds is 3. The summed E-state index contributed by atoms with van der Waals surface area (Å²) in [6, 6.07) is 0. The van der Waals surface area contributed by atoms with E-state index in [9.17, 15) is 9.59 Å². The molecule has 29 heavy (non-hydrogen) atoms. The van der Waals surface area contributed by atoms with Gasteiger partial charge in [0, 0.05) is 36.4 Å². The van der Waals surface area contributed by atoms with Crippen LogP contribution < -0.4 is 0 Å². The van der Waals surface area contributed by atoms with Gasteiger partial charge in [0.2, 0.25) is 0 Å². The number of carbonyl (C=O) groups is 2. The van der Waals surface area contributed by atoms with E-state index >= 15 is 0 Å². The van der Waals surface area contributed by atoms with E-state index in [1.807, 2.05) is 6.08 Å². The second kappa shape index (κ2) is 7.75. The quantitative estimate of drug-likeness (QED) is 0.518. The van der Waals surface area contributed by atoms with Crippen molar-refractivity contribution in [3.63, 3.8) is 0 Å². The van der Waals surface area contributed by atoms with Gasteiger partial charge in [-0.3, -0.25) is 9.59 Å². The molecule has 3 aliphatic carbocycles. The Morgan fingerprint density at radius 1 is 1.24 bits per heavy atom. The molecule has 0 spiro atoms. The molecule has 2 bridgehead atoms. The molecular weight excluding hydrogens is 368 g/mol. The van der Waals surface area contributed by atoms with Crippen molar-refractivity contribution >= 4 is 11.8 Å². The summed E-state index contributed by atoms with van der Waals surface area (Å²) in [6.07, 6.45) is 6.59. The lowest BCUT2D eigenvalue weighted by molar-refractivity contribution is -0.169. The van der Waals surface area contributed by atoms with Gasteiger partial charge < -0.3 is 14.2 Å². The summed E-state index contributed by atoms with van der Waals surface area (Å²) in [6.45, 7) is 12.0. The fraction of sp³-hybridized carbons (Fsp3) is 0.667. The van der Waals surface area contributed by atoms with Crippen LogP contribution in [0.15, 0.2) is 35.6 Å². The highest BCUT2D eigenvalue weighted by atomic mass is 16.5. The number of esters is 1. The zero-order valence-corrected chi connectivity index (χ0v) is 18.5. The summed E-state index contributed by atoms with van der Waals surface area (Å²) < 4.78 is 17.5. The second-order valence-electron chi connectivity index (χ2n) is 9.48. The maximum Gasteiger partial charge on any atom is 0.302 e. The minimum Gasteiger partial charge on any atom is -0.501 e. The lowest BCUT2D eigenvalue weighted by atomic mass is 9.52. The molecule has 0 radical (unpaired) electrons.